The predicted octanol–water partition coefficient (Wildman–Crippen LogP) is 3.51. The van der Waals surface area contributed by atoms with E-state index in [1.807, 2.05) is 55.5 Å². The normalized spacial score (nSPS) is 11.2. The Morgan fingerprint density at radius 2 is 1.83 bits per heavy atom. The number of amides is 1. The quantitative estimate of drug-likeness (QED) is 0.794. The first-order valence-corrected chi connectivity index (χ1v) is 7.37. The van der Waals surface area contributed by atoms with E-state index in [1.165, 1.54) is 0 Å². The lowest BCUT2D eigenvalue weighted by molar-refractivity contribution is -0.121. The smallest absolute Gasteiger partial charge is 0.220 e. The largest absolute Gasteiger partial charge is 0.497 e. The number of ether oxygens (including phenoxy) is 1. The fourth-order valence-corrected chi connectivity index (χ4v) is 2.30. The fourth-order valence-electron chi connectivity index (χ4n) is 2.30. The number of nitrogens with one attached hydrogen (secondary N) is 1. The molecule has 124 valence electrons. The molecule has 0 aliphatic carbocycles. The lowest BCUT2D eigenvalue weighted by Gasteiger charge is -2.15. The number of nitrogen functional groups attached to an aromatic ring is 1. The molecule has 3 N–H and O–H groups in total. The summed E-state index contributed by atoms with van der Waals surface area (Å²) in [6.07, 6.45) is 1.07. The lowest BCUT2D eigenvalue weighted by atomic mass is 10.1. The van der Waals surface area contributed by atoms with Crippen LogP contribution in [-0.2, 0) is 11.2 Å². The van der Waals surface area contributed by atoms with Crippen LogP contribution in [0.1, 0.15) is 30.5 Å². The maximum absolute atomic E-state index is 12.1. The third-order valence-corrected chi connectivity index (χ3v) is 3.67. The molecule has 1 amide bonds. The van der Waals surface area contributed by atoms with Gasteiger partial charge in [0, 0.05) is 12.1 Å². The summed E-state index contributed by atoms with van der Waals surface area (Å²) in [5, 5.41) is 3.00. The maximum Gasteiger partial charge on any atom is 0.220 e. The third-order valence-electron chi connectivity index (χ3n) is 3.67. The second kappa shape index (κ2) is 9.06. The van der Waals surface area contributed by atoms with E-state index >= 15 is 0 Å². The Hall–Kier alpha value is -2.20. The summed E-state index contributed by atoms with van der Waals surface area (Å²) in [6, 6.07) is 15.3. The Balaban J connectivity index is 0.00000264. The van der Waals surface area contributed by atoms with Crippen LogP contribution in [0.5, 0.6) is 5.75 Å². The number of para-hydroxylation sites is 1. The van der Waals surface area contributed by atoms with E-state index in [0.29, 0.717) is 12.8 Å². The summed E-state index contributed by atoms with van der Waals surface area (Å²) in [6.45, 7) is 1.97. The molecule has 0 aromatic heterocycles. The molecule has 2 aromatic carbocycles. The zero-order valence-electron chi connectivity index (χ0n) is 13.4. The van der Waals surface area contributed by atoms with Crippen LogP contribution in [0.25, 0.3) is 0 Å². The number of anilines is 1. The van der Waals surface area contributed by atoms with Gasteiger partial charge in [0.2, 0.25) is 5.91 Å². The van der Waals surface area contributed by atoms with E-state index < -0.39 is 0 Å². The van der Waals surface area contributed by atoms with Crippen molar-refractivity contribution < 1.29 is 9.53 Å². The van der Waals surface area contributed by atoms with Crippen molar-refractivity contribution in [3.05, 3.63) is 59.7 Å². The van der Waals surface area contributed by atoms with Gasteiger partial charge in [0.25, 0.3) is 0 Å². The molecule has 0 aliphatic heterocycles. The van der Waals surface area contributed by atoms with E-state index in [2.05, 4.69) is 5.32 Å². The van der Waals surface area contributed by atoms with Gasteiger partial charge in [-0.2, -0.15) is 0 Å². The standard InChI is InChI=1S/C18H22N2O2.ClH/c1-13(14-7-10-16(22-2)11-8-14)20-18(21)12-9-15-5-3-4-6-17(15)19;/h3-8,10-11,13H,9,12,19H2,1-2H3,(H,20,21);1H. The zero-order chi connectivity index (χ0) is 15.9. The second-order valence-electron chi connectivity index (χ2n) is 5.26. The second-order valence-corrected chi connectivity index (χ2v) is 5.26. The third kappa shape index (κ3) is 5.49. The SMILES string of the molecule is COc1ccc(C(C)NC(=O)CCc2ccccc2N)cc1.Cl. The number of halogens is 1. The van der Waals surface area contributed by atoms with Crippen LogP contribution in [0.2, 0.25) is 0 Å². The molecular formula is C18H23ClN2O2. The van der Waals surface area contributed by atoms with E-state index in [1.54, 1.807) is 7.11 Å². The van der Waals surface area contributed by atoms with Gasteiger partial charge >= 0.3 is 0 Å². The number of rotatable bonds is 6. The number of benzene rings is 2. The number of carbonyl (C=O) groups is 1. The van der Waals surface area contributed by atoms with Gasteiger partial charge in [0.1, 0.15) is 5.75 Å². The average Bonchev–Trinajstić information content (AvgIpc) is 2.54. The van der Waals surface area contributed by atoms with Crippen molar-refractivity contribution in [3.8, 4) is 5.75 Å². The molecule has 0 saturated heterocycles. The van der Waals surface area contributed by atoms with E-state index in [4.69, 9.17) is 10.5 Å². The summed E-state index contributed by atoms with van der Waals surface area (Å²) in [7, 11) is 1.63. The molecule has 4 nitrogen and oxygen atoms in total. The monoisotopic (exact) mass is 334 g/mol. The Bertz CT molecular complexity index is 629. The van der Waals surface area contributed by atoms with E-state index in [-0.39, 0.29) is 24.4 Å². The van der Waals surface area contributed by atoms with Crippen molar-refractivity contribution in [1.82, 2.24) is 5.32 Å². The molecule has 0 aliphatic rings. The van der Waals surface area contributed by atoms with Gasteiger partial charge in [-0.3, -0.25) is 4.79 Å². The molecule has 23 heavy (non-hydrogen) atoms. The number of hydrogen-bond donors (Lipinski definition) is 2. The number of carbonyl (C=O) groups excluding carboxylic acids is 1. The highest BCUT2D eigenvalue weighted by Crippen LogP contribution is 2.18. The van der Waals surface area contributed by atoms with E-state index in [9.17, 15) is 4.79 Å². The summed E-state index contributed by atoms with van der Waals surface area (Å²) in [5.74, 6) is 0.827. The molecule has 1 unspecified atom stereocenters. The summed E-state index contributed by atoms with van der Waals surface area (Å²) in [5.41, 5.74) is 8.68. The first-order chi connectivity index (χ1) is 10.6. The minimum Gasteiger partial charge on any atom is -0.497 e. The number of hydrogen-bond acceptors (Lipinski definition) is 3. The molecule has 0 heterocycles. The molecule has 2 rings (SSSR count). The first-order valence-electron chi connectivity index (χ1n) is 7.37. The van der Waals surface area contributed by atoms with Crippen molar-refractivity contribution in [2.45, 2.75) is 25.8 Å². The van der Waals surface area contributed by atoms with Crippen molar-refractivity contribution >= 4 is 24.0 Å². The predicted molar refractivity (Wildman–Crippen MR) is 96.0 cm³/mol. The van der Waals surface area contributed by atoms with Crippen LogP contribution < -0.4 is 15.8 Å². The Labute approximate surface area is 143 Å². The topological polar surface area (TPSA) is 64.3 Å². The molecule has 0 radical (unpaired) electrons. The van der Waals surface area contributed by atoms with Gasteiger partial charge in [-0.25, -0.2) is 0 Å². The molecular weight excluding hydrogens is 312 g/mol. The molecule has 2 aromatic rings. The van der Waals surface area contributed by atoms with Crippen molar-refractivity contribution in [3.63, 3.8) is 0 Å². The molecule has 1 atom stereocenters. The highest BCUT2D eigenvalue weighted by molar-refractivity contribution is 5.85. The van der Waals surface area contributed by atoms with Gasteiger partial charge in [-0.15, -0.1) is 12.4 Å². The van der Waals surface area contributed by atoms with Gasteiger partial charge < -0.3 is 15.8 Å². The fraction of sp³-hybridized carbons (Fsp3) is 0.278. The number of methoxy groups -OCH3 is 1. The zero-order valence-corrected chi connectivity index (χ0v) is 14.2. The van der Waals surface area contributed by atoms with Crippen LogP contribution in [-0.4, -0.2) is 13.0 Å². The first kappa shape index (κ1) is 18.8. The van der Waals surface area contributed by atoms with Crippen LogP contribution in [0.4, 0.5) is 5.69 Å². The Morgan fingerprint density at radius 3 is 2.43 bits per heavy atom. The van der Waals surface area contributed by atoms with Crippen molar-refractivity contribution in [2.24, 2.45) is 0 Å². The summed E-state index contributed by atoms with van der Waals surface area (Å²) < 4.78 is 5.13. The van der Waals surface area contributed by atoms with Crippen LogP contribution in [0, 0.1) is 0 Å². The molecule has 0 spiro atoms. The number of aryl methyl sites for hydroxylation is 1. The van der Waals surface area contributed by atoms with Crippen LogP contribution in [0.15, 0.2) is 48.5 Å². The highest BCUT2D eigenvalue weighted by atomic mass is 35.5. The van der Waals surface area contributed by atoms with Gasteiger partial charge in [0.15, 0.2) is 0 Å². The van der Waals surface area contributed by atoms with Crippen molar-refractivity contribution in [2.75, 3.05) is 12.8 Å². The molecule has 5 heteroatoms. The van der Waals surface area contributed by atoms with Gasteiger partial charge in [-0.1, -0.05) is 30.3 Å². The lowest BCUT2D eigenvalue weighted by Crippen LogP contribution is -2.26. The Morgan fingerprint density at radius 1 is 1.17 bits per heavy atom. The molecule has 0 saturated carbocycles. The minimum atomic E-state index is -0.0356. The van der Waals surface area contributed by atoms with Crippen LogP contribution in [0.3, 0.4) is 0 Å². The average molecular weight is 335 g/mol. The van der Waals surface area contributed by atoms with Crippen molar-refractivity contribution in [1.29, 1.82) is 0 Å². The van der Waals surface area contributed by atoms with Gasteiger partial charge in [-0.05, 0) is 42.7 Å². The summed E-state index contributed by atoms with van der Waals surface area (Å²) in [4.78, 5) is 12.1. The number of nitrogens with two attached hydrogens (primary N) is 1. The molecule has 0 fully saturated rings. The van der Waals surface area contributed by atoms with Gasteiger partial charge in [0.05, 0.1) is 13.2 Å². The molecule has 0 bridgehead atoms. The maximum atomic E-state index is 12.1. The Kier molecular flexibility index (Phi) is 7.42. The highest BCUT2D eigenvalue weighted by Gasteiger charge is 2.10. The minimum absolute atomic E-state index is 0. The van der Waals surface area contributed by atoms with E-state index in [0.717, 1.165) is 22.6 Å². The summed E-state index contributed by atoms with van der Waals surface area (Å²) >= 11 is 0. The van der Waals surface area contributed by atoms with Crippen LogP contribution >= 0.6 is 12.4 Å².